The fourth-order valence-electron chi connectivity index (χ4n) is 1.91. The summed E-state index contributed by atoms with van der Waals surface area (Å²) in [5.74, 6) is -0.348. The molecule has 0 aliphatic rings. The third-order valence-corrected chi connectivity index (χ3v) is 3.07. The van der Waals surface area contributed by atoms with Gasteiger partial charge in [-0.1, -0.05) is 0 Å². The Hall–Kier alpha value is -2.90. The molecule has 0 atom stereocenters. The second-order valence-electron chi connectivity index (χ2n) is 7.41. The Bertz CT molecular complexity index is 688. The maximum absolute atomic E-state index is 12.0. The molecule has 2 N–H and O–H groups in total. The van der Waals surface area contributed by atoms with Crippen LogP contribution in [0.3, 0.4) is 0 Å². The Morgan fingerprint density at radius 3 is 2.23 bits per heavy atom. The highest BCUT2D eigenvalue weighted by molar-refractivity contribution is 5.92. The van der Waals surface area contributed by atoms with Crippen LogP contribution in [0.15, 0.2) is 30.3 Å². The van der Waals surface area contributed by atoms with Crippen molar-refractivity contribution in [2.75, 3.05) is 6.54 Å². The van der Waals surface area contributed by atoms with Gasteiger partial charge in [0, 0.05) is 24.8 Å². The zero-order valence-corrected chi connectivity index (χ0v) is 15.7. The predicted octanol–water partition coefficient (Wildman–Crippen LogP) is 3.03. The lowest BCUT2D eigenvalue weighted by atomic mass is 10.1. The van der Waals surface area contributed by atoms with Crippen LogP contribution in [0, 0.1) is 10.1 Å². The number of amides is 2. The number of carbonyl (C=O) groups is 2. The van der Waals surface area contributed by atoms with E-state index in [1.165, 1.54) is 18.2 Å². The van der Waals surface area contributed by atoms with E-state index in [0.717, 1.165) is 0 Å². The number of nitro benzene ring substituents is 1. The standard InChI is InChI=1S/C18H25N3O5/c1-17(2,3)26-16(23)19-12-18(4,5)20-15(22)11-8-13-6-9-14(10-7-13)21(24)25/h6-11H,12H2,1-5H3,(H,19,23)(H,20,22). The SMILES string of the molecule is CC(C)(CNC(=O)OC(C)(C)C)NC(=O)C=Cc1ccc([N+](=O)[O-])cc1. The van der Waals surface area contributed by atoms with Crippen LogP contribution < -0.4 is 10.6 Å². The van der Waals surface area contributed by atoms with Crippen molar-refractivity contribution in [1.29, 1.82) is 0 Å². The zero-order chi connectivity index (χ0) is 20.0. The van der Waals surface area contributed by atoms with Gasteiger partial charge in [-0.2, -0.15) is 0 Å². The number of hydrogen-bond donors (Lipinski definition) is 2. The molecule has 0 radical (unpaired) electrons. The molecule has 1 aromatic carbocycles. The van der Waals surface area contributed by atoms with E-state index in [4.69, 9.17) is 4.74 Å². The molecule has 0 aliphatic heterocycles. The van der Waals surface area contributed by atoms with Crippen molar-refractivity contribution in [3.05, 3.63) is 46.0 Å². The second kappa shape index (κ2) is 8.46. The summed E-state index contributed by atoms with van der Waals surface area (Å²) in [6.45, 7) is 9.02. The van der Waals surface area contributed by atoms with Crippen LogP contribution in [0.25, 0.3) is 6.08 Å². The van der Waals surface area contributed by atoms with Crippen molar-refractivity contribution in [2.45, 2.75) is 45.8 Å². The largest absolute Gasteiger partial charge is 0.444 e. The third-order valence-electron chi connectivity index (χ3n) is 3.07. The highest BCUT2D eigenvalue weighted by Crippen LogP contribution is 2.13. The molecule has 142 valence electrons. The molecule has 0 saturated heterocycles. The fourth-order valence-corrected chi connectivity index (χ4v) is 1.91. The molecule has 2 amide bonds. The monoisotopic (exact) mass is 363 g/mol. The van der Waals surface area contributed by atoms with E-state index < -0.39 is 22.2 Å². The molecule has 0 fully saturated rings. The first-order valence-electron chi connectivity index (χ1n) is 8.09. The maximum atomic E-state index is 12.0. The molecule has 26 heavy (non-hydrogen) atoms. The molecule has 0 aromatic heterocycles. The number of alkyl carbamates (subject to hydrolysis) is 1. The van der Waals surface area contributed by atoms with Crippen molar-refractivity contribution in [1.82, 2.24) is 10.6 Å². The summed E-state index contributed by atoms with van der Waals surface area (Å²) < 4.78 is 5.15. The Kier molecular flexibility index (Phi) is 6.88. The quantitative estimate of drug-likeness (QED) is 0.458. The van der Waals surface area contributed by atoms with E-state index in [9.17, 15) is 19.7 Å². The zero-order valence-electron chi connectivity index (χ0n) is 15.7. The first-order chi connectivity index (χ1) is 11.9. The van der Waals surface area contributed by atoms with Gasteiger partial charge in [0.25, 0.3) is 5.69 Å². The van der Waals surface area contributed by atoms with Gasteiger partial charge >= 0.3 is 6.09 Å². The van der Waals surface area contributed by atoms with Gasteiger partial charge in [0.05, 0.1) is 10.5 Å². The summed E-state index contributed by atoms with van der Waals surface area (Å²) in [6.07, 6.45) is 2.33. The lowest BCUT2D eigenvalue weighted by molar-refractivity contribution is -0.384. The molecule has 0 spiro atoms. The van der Waals surface area contributed by atoms with E-state index in [1.54, 1.807) is 52.8 Å². The smallest absolute Gasteiger partial charge is 0.407 e. The molecule has 0 unspecified atom stereocenters. The normalized spacial score (nSPS) is 11.9. The minimum absolute atomic E-state index is 0.0130. The highest BCUT2D eigenvalue weighted by atomic mass is 16.6. The molecule has 1 aromatic rings. The van der Waals surface area contributed by atoms with Crippen molar-refractivity contribution < 1.29 is 19.2 Å². The van der Waals surface area contributed by atoms with Crippen molar-refractivity contribution in [2.24, 2.45) is 0 Å². The van der Waals surface area contributed by atoms with Gasteiger partial charge in [-0.3, -0.25) is 14.9 Å². The van der Waals surface area contributed by atoms with Crippen LogP contribution >= 0.6 is 0 Å². The number of benzene rings is 1. The van der Waals surface area contributed by atoms with Gasteiger partial charge in [-0.05, 0) is 58.4 Å². The lowest BCUT2D eigenvalue weighted by Gasteiger charge is -2.27. The van der Waals surface area contributed by atoms with Crippen LogP contribution in [0.1, 0.15) is 40.2 Å². The predicted molar refractivity (Wildman–Crippen MR) is 98.6 cm³/mol. The van der Waals surface area contributed by atoms with Gasteiger partial charge in [0.1, 0.15) is 5.60 Å². The van der Waals surface area contributed by atoms with Crippen LogP contribution in [0.4, 0.5) is 10.5 Å². The van der Waals surface area contributed by atoms with Gasteiger partial charge in [0.15, 0.2) is 0 Å². The van der Waals surface area contributed by atoms with Gasteiger partial charge in [-0.15, -0.1) is 0 Å². The van der Waals surface area contributed by atoms with E-state index in [-0.39, 0.29) is 18.1 Å². The molecule has 0 heterocycles. The third kappa shape index (κ3) is 8.27. The summed E-state index contributed by atoms with van der Waals surface area (Å²) in [4.78, 5) is 33.8. The Morgan fingerprint density at radius 1 is 1.15 bits per heavy atom. The minimum atomic E-state index is -0.687. The number of hydrogen-bond acceptors (Lipinski definition) is 5. The molecule has 0 aliphatic carbocycles. The molecule has 0 saturated carbocycles. The summed E-state index contributed by atoms with van der Waals surface area (Å²) in [5.41, 5.74) is -0.630. The Morgan fingerprint density at radius 2 is 1.73 bits per heavy atom. The van der Waals surface area contributed by atoms with Crippen LogP contribution in [-0.2, 0) is 9.53 Å². The van der Waals surface area contributed by atoms with Crippen LogP contribution in [0.5, 0.6) is 0 Å². The first kappa shape index (κ1) is 21.1. The Balaban J connectivity index is 2.54. The number of ether oxygens (including phenoxy) is 1. The van der Waals surface area contributed by atoms with E-state index in [0.29, 0.717) is 5.56 Å². The second-order valence-corrected chi connectivity index (χ2v) is 7.41. The lowest BCUT2D eigenvalue weighted by Crippen LogP contribution is -2.51. The van der Waals surface area contributed by atoms with Crippen LogP contribution in [-0.4, -0.2) is 34.6 Å². The topological polar surface area (TPSA) is 111 Å². The number of nitro groups is 1. The van der Waals surface area contributed by atoms with Crippen LogP contribution in [0.2, 0.25) is 0 Å². The summed E-state index contributed by atoms with van der Waals surface area (Å²) in [5, 5.41) is 16.0. The van der Waals surface area contributed by atoms with E-state index in [2.05, 4.69) is 10.6 Å². The average molecular weight is 363 g/mol. The van der Waals surface area contributed by atoms with Gasteiger partial charge in [0.2, 0.25) is 5.91 Å². The molecule has 8 heteroatoms. The van der Waals surface area contributed by atoms with Crippen molar-refractivity contribution in [3.8, 4) is 0 Å². The fraction of sp³-hybridized carbons (Fsp3) is 0.444. The van der Waals surface area contributed by atoms with E-state index >= 15 is 0 Å². The van der Waals surface area contributed by atoms with Gasteiger partial charge < -0.3 is 15.4 Å². The van der Waals surface area contributed by atoms with Crippen molar-refractivity contribution >= 4 is 23.8 Å². The molecular weight excluding hydrogens is 338 g/mol. The number of non-ortho nitro benzene ring substituents is 1. The summed E-state index contributed by atoms with van der Waals surface area (Å²) in [6, 6.07) is 5.84. The highest BCUT2D eigenvalue weighted by Gasteiger charge is 2.22. The maximum Gasteiger partial charge on any atom is 0.407 e. The summed E-state index contributed by atoms with van der Waals surface area (Å²) >= 11 is 0. The van der Waals surface area contributed by atoms with Crippen molar-refractivity contribution in [3.63, 3.8) is 0 Å². The van der Waals surface area contributed by atoms with Gasteiger partial charge in [-0.25, -0.2) is 4.79 Å². The minimum Gasteiger partial charge on any atom is -0.444 e. The average Bonchev–Trinajstić information content (AvgIpc) is 2.49. The molecule has 1 rings (SSSR count). The Labute approximate surface area is 152 Å². The number of rotatable bonds is 6. The summed E-state index contributed by atoms with van der Waals surface area (Å²) in [7, 11) is 0. The first-order valence-corrected chi connectivity index (χ1v) is 8.09. The number of nitrogens with one attached hydrogen (secondary N) is 2. The molecular formula is C18H25N3O5. The molecule has 8 nitrogen and oxygen atoms in total. The molecule has 0 bridgehead atoms. The van der Waals surface area contributed by atoms with E-state index in [1.807, 2.05) is 0 Å². The number of nitrogens with zero attached hydrogens (tertiary/aromatic N) is 1. The number of carbonyl (C=O) groups excluding carboxylic acids is 2.